The highest BCUT2D eigenvalue weighted by Gasteiger charge is 2.03. The van der Waals surface area contributed by atoms with Crippen LogP contribution in [0.3, 0.4) is 0 Å². The van der Waals surface area contributed by atoms with Gasteiger partial charge in [-0.15, -0.1) is 0 Å². The molecule has 2 aromatic carbocycles. The van der Waals surface area contributed by atoms with Gasteiger partial charge in [0.25, 0.3) is 5.91 Å². The summed E-state index contributed by atoms with van der Waals surface area (Å²) in [5.74, 6) is 6.38. The third kappa shape index (κ3) is 4.58. The van der Waals surface area contributed by atoms with Crippen molar-refractivity contribution in [2.75, 3.05) is 13.2 Å². The Bertz CT molecular complexity index is 955. The molecule has 0 saturated carbocycles. The monoisotopic (exact) mass is 330 g/mol. The molecule has 4 heteroatoms. The first-order valence-corrected chi connectivity index (χ1v) is 8.00. The van der Waals surface area contributed by atoms with E-state index in [2.05, 4.69) is 22.1 Å². The van der Waals surface area contributed by atoms with Gasteiger partial charge in [-0.2, -0.15) is 0 Å². The van der Waals surface area contributed by atoms with Gasteiger partial charge < -0.3 is 10.1 Å². The van der Waals surface area contributed by atoms with E-state index in [1.807, 2.05) is 55.5 Å². The summed E-state index contributed by atoms with van der Waals surface area (Å²) >= 11 is 0. The van der Waals surface area contributed by atoms with Gasteiger partial charge in [0.15, 0.2) is 0 Å². The predicted octanol–water partition coefficient (Wildman–Crippen LogP) is 3.36. The molecule has 0 unspecified atom stereocenters. The molecular formula is C21H18N2O2. The molecule has 1 aromatic heterocycles. The lowest BCUT2D eigenvalue weighted by Gasteiger charge is -2.03. The van der Waals surface area contributed by atoms with Crippen molar-refractivity contribution in [1.82, 2.24) is 10.3 Å². The van der Waals surface area contributed by atoms with Crippen LogP contribution in [0.1, 0.15) is 15.9 Å². The third-order valence-electron chi connectivity index (χ3n) is 3.63. The number of aryl methyl sites for hydroxylation is 1. The Hall–Kier alpha value is -3.32. The predicted molar refractivity (Wildman–Crippen MR) is 98.5 cm³/mol. The van der Waals surface area contributed by atoms with E-state index in [4.69, 9.17) is 4.74 Å². The maximum atomic E-state index is 12.0. The van der Waals surface area contributed by atoms with Gasteiger partial charge in [0.2, 0.25) is 0 Å². The van der Waals surface area contributed by atoms with E-state index in [9.17, 15) is 4.79 Å². The molecular weight excluding hydrogens is 312 g/mol. The molecule has 0 aliphatic carbocycles. The zero-order chi connectivity index (χ0) is 17.5. The molecule has 1 heterocycles. The number of rotatable bonds is 4. The largest absolute Gasteiger partial charge is 0.481 e. The van der Waals surface area contributed by atoms with Crippen molar-refractivity contribution in [2.45, 2.75) is 6.92 Å². The second kappa shape index (κ2) is 7.98. The second-order valence-electron chi connectivity index (χ2n) is 5.55. The highest BCUT2D eigenvalue weighted by molar-refractivity contribution is 5.94. The van der Waals surface area contributed by atoms with Crippen LogP contribution in [0.25, 0.3) is 10.9 Å². The fourth-order valence-electron chi connectivity index (χ4n) is 2.38. The summed E-state index contributed by atoms with van der Waals surface area (Å²) in [6, 6.07) is 17.1. The lowest BCUT2D eigenvalue weighted by Crippen LogP contribution is -2.23. The number of hydrogen-bond acceptors (Lipinski definition) is 3. The second-order valence-corrected chi connectivity index (χ2v) is 5.55. The Morgan fingerprint density at radius 1 is 1.12 bits per heavy atom. The molecule has 0 bridgehead atoms. The number of hydrogen-bond donors (Lipinski definition) is 1. The van der Waals surface area contributed by atoms with Crippen LogP contribution < -0.4 is 10.1 Å². The van der Waals surface area contributed by atoms with Crippen LogP contribution in [0.4, 0.5) is 0 Å². The first-order valence-electron chi connectivity index (χ1n) is 8.00. The fourth-order valence-corrected chi connectivity index (χ4v) is 2.38. The van der Waals surface area contributed by atoms with E-state index in [1.54, 1.807) is 12.3 Å². The van der Waals surface area contributed by atoms with Crippen molar-refractivity contribution in [3.63, 3.8) is 0 Å². The van der Waals surface area contributed by atoms with Crippen LogP contribution in [-0.2, 0) is 0 Å². The molecule has 1 amide bonds. The smallest absolute Gasteiger partial charge is 0.252 e. The maximum absolute atomic E-state index is 12.0. The van der Waals surface area contributed by atoms with Crippen LogP contribution in [0.5, 0.6) is 5.75 Å². The van der Waals surface area contributed by atoms with Crippen LogP contribution in [0.15, 0.2) is 60.8 Å². The SMILES string of the molecule is Cc1cccc(C(=O)NCC#CCOc2ccc3cccnc3c2)c1. The lowest BCUT2D eigenvalue weighted by atomic mass is 10.1. The molecule has 3 rings (SSSR count). The van der Waals surface area contributed by atoms with Crippen LogP contribution >= 0.6 is 0 Å². The van der Waals surface area contributed by atoms with Gasteiger partial charge in [0.05, 0.1) is 12.1 Å². The molecule has 3 aromatic rings. The third-order valence-corrected chi connectivity index (χ3v) is 3.63. The number of fused-ring (bicyclic) bond motifs is 1. The normalized spacial score (nSPS) is 9.96. The minimum Gasteiger partial charge on any atom is -0.481 e. The van der Waals surface area contributed by atoms with Gasteiger partial charge in [-0.1, -0.05) is 35.6 Å². The molecule has 124 valence electrons. The van der Waals surface area contributed by atoms with Gasteiger partial charge in [0, 0.05) is 23.2 Å². The number of carbonyl (C=O) groups excluding carboxylic acids is 1. The summed E-state index contributed by atoms with van der Waals surface area (Å²) in [5, 5.41) is 3.84. The summed E-state index contributed by atoms with van der Waals surface area (Å²) in [7, 11) is 0. The minimum atomic E-state index is -0.125. The summed E-state index contributed by atoms with van der Waals surface area (Å²) < 4.78 is 5.60. The molecule has 25 heavy (non-hydrogen) atoms. The first-order chi connectivity index (χ1) is 12.2. The molecule has 0 atom stereocenters. The number of aromatic nitrogens is 1. The maximum Gasteiger partial charge on any atom is 0.252 e. The van der Waals surface area contributed by atoms with Crippen LogP contribution in [0.2, 0.25) is 0 Å². The quantitative estimate of drug-likeness (QED) is 0.746. The number of carbonyl (C=O) groups is 1. The van der Waals surface area contributed by atoms with E-state index in [0.717, 1.165) is 22.2 Å². The highest BCUT2D eigenvalue weighted by atomic mass is 16.5. The van der Waals surface area contributed by atoms with Gasteiger partial charge in [0.1, 0.15) is 12.4 Å². The Labute approximate surface area is 146 Å². The van der Waals surface area contributed by atoms with Crippen molar-refractivity contribution in [3.8, 4) is 17.6 Å². The molecule has 0 aliphatic rings. The van der Waals surface area contributed by atoms with E-state index in [1.165, 1.54) is 0 Å². The number of nitrogens with zero attached hydrogens (tertiary/aromatic N) is 1. The van der Waals surface area contributed by atoms with E-state index in [-0.39, 0.29) is 19.1 Å². The molecule has 0 fully saturated rings. The van der Waals surface area contributed by atoms with Crippen molar-refractivity contribution in [2.24, 2.45) is 0 Å². The minimum absolute atomic E-state index is 0.125. The molecule has 0 radical (unpaired) electrons. The van der Waals surface area contributed by atoms with E-state index in [0.29, 0.717) is 5.56 Å². The fraction of sp³-hybridized carbons (Fsp3) is 0.143. The molecule has 0 saturated heterocycles. The Morgan fingerprint density at radius 2 is 2.04 bits per heavy atom. The van der Waals surface area contributed by atoms with E-state index >= 15 is 0 Å². The molecule has 0 spiro atoms. The van der Waals surface area contributed by atoms with Crippen LogP contribution in [-0.4, -0.2) is 24.0 Å². The summed E-state index contributed by atoms with van der Waals surface area (Å²) in [6.07, 6.45) is 1.75. The first kappa shape index (κ1) is 16.5. The van der Waals surface area contributed by atoms with Crippen molar-refractivity contribution in [1.29, 1.82) is 0 Å². The Morgan fingerprint density at radius 3 is 2.92 bits per heavy atom. The number of pyridine rings is 1. The van der Waals surface area contributed by atoms with Crippen molar-refractivity contribution >= 4 is 16.8 Å². The highest BCUT2D eigenvalue weighted by Crippen LogP contribution is 2.18. The molecule has 0 aliphatic heterocycles. The van der Waals surface area contributed by atoms with E-state index < -0.39 is 0 Å². The van der Waals surface area contributed by atoms with Gasteiger partial charge in [-0.3, -0.25) is 9.78 Å². The zero-order valence-corrected chi connectivity index (χ0v) is 14.0. The summed E-state index contributed by atoms with van der Waals surface area (Å²) in [4.78, 5) is 16.2. The summed E-state index contributed by atoms with van der Waals surface area (Å²) in [5.41, 5.74) is 2.58. The number of ether oxygens (including phenoxy) is 1. The standard InChI is InChI=1S/C21H18N2O2/c1-16-6-4-7-18(14-16)21(24)23-11-2-3-13-25-19-10-9-17-8-5-12-22-20(17)15-19/h4-10,12,14-15H,11,13H2,1H3,(H,23,24). The number of nitrogens with one attached hydrogen (secondary N) is 1. The molecule has 1 N–H and O–H groups in total. The topological polar surface area (TPSA) is 51.2 Å². The number of amides is 1. The van der Waals surface area contributed by atoms with Gasteiger partial charge in [-0.25, -0.2) is 0 Å². The molecule has 4 nitrogen and oxygen atoms in total. The Balaban J connectivity index is 1.47. The Kier molecular flexibility index (Phi) is 5.28. The average Bonchev–Trinajstić information content (AvgIpc) is 2.64. The lowest BCUT2D eigenvalue weighted by molar-refractivity contribution is 0.0958. The number of benzene rings is 2. The van der Waals surface area contributed by atoms with Crippen LogP contribution in [0, 0.1) is 18.8 Å². The van der Waals surface area contributed by atoms with Gasteiger partial charge >= 0.3 is 0 Å². The van der Waals surface area contributed by atoms with Crippen molar-refractivity contribution in [3.05, 3.63) is 71.9 Å². The summed E-state index contributed by atoms with van der Waals surface area (Å²) in [6.45, 7) is 2.50. The average molecular weight is 330 g/mol. The van der Waals surface area contributed by atoms with Gasteiger partial charge in [-0.05, 0) is 37.3 Å². The zero-order valence-electron chi connectivity index (χ0n) is 14.0. The van der Waals surface area contributed by atoms with Crippen molar-refractivity contribution < 1.29 is 9.53 Å².